The Kier molecular flexibility index (Phi) is 3.76. The number of benzene rings is 2. The molecule has 0 saturated carbocycles. The van der Waals surface area contributed by atoms with Gasteiger partial charge in [-0.15, -0.1) is 11.3 Å². The first-order valence-electron chi connectivity index (χ1n) is 8.76. The molecular formula is C22H18N2O2S. The fourth-order valence-electron chi connectivity index (χ4n) is 3.58. The number of ether oxygens (including phenoxy) is 2. The maximum Gasteiger partial charge on any atom is 0.118 e. The van der Waals surface area contributed by atoms with Gasteiger partial charge in [0.15, 0.2) is 0 Å². The summed E-state index contributed by atoms with van der Waals surface area (Å²) in [6.07, 6.45) is 0.920. The van der Waals surface area contributed by atoms with Crippen LogP contribution in [-0.2, 0) is 6.42 Å². The summed E-state index contributed by atoms with van der Waals surface area (Å²) in [7, 11) is 3.37. The number of nitrogens with one attached hydrogen (secondary N) is 1. The van der Waals surface area contributed by atoms with Gasteiger partial charge in [-0.25, -0.2) is 0 Å². The number of rotatable bonds is 4. The van der Waals surface area contributed by atoms with Crippen molar-refractivity contribution in [3.63, 3.8) is 0 Å². The molecule has 4 nitrogen and oxygen atoms in total. The van der Waals surface area contributed by atoms with Crippen LogP contribution in [0.25, 0.3) is 33.0 Å². The van der Waals surface area contributed by atoms with Gasteiger partial charge in [0.1, 0.15) is 11.5 Å². The minimum atomic E-state index is 0.856. The van der Waals surface area contributed by atoms with Gasteiger partial charge in [-0.05, 0) is 60.2 Å². The van der Waals surface area contributed by atoms with Crippen molar-refractivity contribution in [1.82, 2.24) is 10.2 Å². The van der Waals surface area contributed by atoms with E-state index in [4.69, 9.17) is 9.47 Å². The van der Waals surface area contributed by atoms with E-state index in [-0.39, 0.29) is 0 Å². The SMILES string of the molecule is COc1ccc(-c2cc3c(s2)Cc2c(-c4ccc(OC)cc4)n[nH]c2-3)cc1. The van der Waals surface area contributed by atoms with Crippen LogP contribution < -0.4 is 9.47 Å². The fraction of sp³-hybridized carbons (Fsp3) is 0.136. The van der Waals surface area contributed by atoms with Gasteiger partial charge in [0.05, 0.1) is 25.6 Å². The zero-order valence-electron chi connectivity index (χ0n) is 15.1. The van der Waals surface area contributed by atoms with Gasteiger partial charge in [-0.1, -0.05) is 0 Å². The average Bonchev–Trinajstić information content (AvgIpc) is 3.39. The van der Waals surface area contributed by atoms with Crippen LogP contribution in [0.2, 0.25) is 0 Å². The Labute approximate surface area is 161 Å². The van der Waals surface area contributed by atoms with Gasteiger partial charge in [-0.2, -0.15) is 5.10 Å². The second-order valence-electron chi connectivity index (χ2n) is 6.51. The summed E-state index contributed by atoms with van der Waals surface area (Å²) in [5, 5.41) is 7.85. The van der Waals surface area contributed by atoms with E-state index in [1.54, 1.807) is 14.2 Å². The molecule has 0 saturated heterocycles. The molecule has 2 heterocycles. The van der Waals surface area contributed by atoms with Crippen LogP contribution in [-0.4, -0.2) is 24.4 Å². The monoisotopic (exact) mass is 374 g/mol. The molecule has 0 unspecified atom stereocenters. The third-order valence-electron chi connectivity index (χ3n) is 5.02. The predicted molar refractivity (Wildman–Crippen MR) is 109 cm³/mol. The molecule has 0 radical (unpaired) electrons. The normalized spacial score (nSPS) is 11.9. The molecule has 5 heteroatoms. The highest BCUT2D eigenvalue weighted by atomic mass is 32.1. The Morgan fingerprint density at radius 3 is 2.15 bits per heavy atom. The van der Waals surface area contributed by atoms with Crippen molar-refractivity contribution in [1.29, 1.82) is 0 Å². The largest absolute Gasteiger partial charge is 0.497 e. The molecule has 0 spiro atoms. The van der Waals surface area contributed by atoms with Crippen molar-refractivity contribution in [2.75, 3.05) is 14.2 Å². The first-order chi connectivity index (χ1) is 13.3. The Hall–Kier alpha value is -3.05. The number of hydrogen-bond acceptors (Lipinski definition) is 4. The molecule has 5 rings (SSSR count). The smallest absolute Gasteiger partial charge is 0.118 e. The molecule has 2 aromatic heterocycles. The number of H-pyrrole nitrogens is 1. The number of aromatic nitrogens is 2. The summed E-state index contributed by atoms with van der Waals surface area (Å²) in [5.41, 5.74) is 7.05. The van der Waals surface area contributed by atoms with Crippen molar-refractivity contribution in [2.24, 2.45) is 0 Å². The molecule has 134 valence electrons. The molecule has 1 aliphatic carbocycles. The van der Waals surface area contributed by atoms with Crippen molar-refractivity contribution in [3.8, 4) is 44.5 Å². The van der Waals surface area contributed by atoms with E-state index in [2.05, 4.69) is 40.5 Å². The topological polar surface area (TPSA) is 47.1 Å². The Bertz CT molecular complexity index is 1110. The van der Waals surface area contributed by atoms with Crippen molar-refractivity contribution in [2.45, 2.75) is 6.42 Å². The van der Waals surface area contributed by atoms with E-state index in [1.165, 1.54) is 26.4 Å². The molecule has 0 bridgehead atoms. The Balaban J connectivity index is 1.49. The lowest BCUT2D eigenvalue weighted by Crippen LogP contribution is -1.86. The molecule has 0 fully saturated rings. The van der Waals surface area contributed by atoms with E-state index in [0.29, 0.717) is 0 Å². The number of hydrogen-bond donors (Lipinski definition) is 1. The summed E-state index contributed by atoms with van der Waals surface area (Å²) >= 11 is 1.85. The second kappa shape index (κ2) is 6.28. The molecule has 0 atom stereocenters. The van der Waals surface area contributed by atoms with E-state index >= 15 is 0 Å². The minimum Gasteiger partial charge on any atom is -0.497 e. The second-order valence-corrected chi connectivity index (χ2v) is 7.64. The van der Waals surface area contributed by atoms with E-state index in [1.807, 2.05) is 35.6 Å². The van der Waals surface area contributed by atoms with Gasteiger partial charge < -0.3 is 9.47 Å². The van der Waals surface area contributed by atoms with E-state index < -0.39 is 0 Å². The lowest BCUT2D eigenvalue weighted by atomic mass is 10.1. The van der Waals surface area contributed by atoms with Crippen LogP contribution in [0.3, 0.4) is 0 Å². The maximum atomic E-state index is 5.25. The van der Waals surface area contributed by atoms with Gasteiger partial charge in [0, 0.05) is 32.9 Å². The molecule has 4 aromatic rings. The molecule has 27 heavy (non-hydrogen) atoms. The third kappa shape index (κ3) is 2.62. The molecule has 0 aliphatic heterocycles. The van der Waals surface area contributed by atoms with Crippen LogP contribution in [0, 0.1) is 0 Å². The molecular weight excluding hydrogens is 356 g/mol. The Morgan fingerprint density at radius 2 is 1.52 bits per heavy atom. The lowest BCUT2D eigenvalue weighted by molar-refractivity contribution is 0.415. The fourth-order valence-corrected chi connectivity index (χ4v) is 4.76. The predicted octanol–water partition coefficient (Wildman–Crippen LogP) is 5.39. The maximum absolute atomic E-state index is 5.25. The summed E-state index contributed by atoms with van der Waals surface area (Å²) < 4.78 is 10.5. The van der Waals surface area contributed by atoms with Crippen molar-refractivity contribution < 1.29 is 9.47 Å². The number of thiophene rings is 1. The van der Waals surface area contributed by atoms with Crippen LogP contribution >= 0.6 is 11.3 Å². The number of nitrogens with zero attached hydrogens (tertiary/aromatic N) is 1. The van der Waals surface area contributed by atoms with Crippen molar-refractivity contribution in [3.05, 3.63) is 65.0 Å². The summed E-state index contributed by atoms with van der Waals surface area (Å²) in [6, 6.07) is 18.6. The number of aromatic amines is 1. The quantitative estimate of drug-likeness (QED) is 0.458. The highest BCUT2D eigenvalue weighted by molar-refractivity contribution is 7.16. The summed E-state index contributed by atoms with van der Waals surface area (Å²) in [4.78, 5) is 2.66. The number of methoxy groups -OCH3 is 2. The summed E-state index contributed by atoms with van der Waals surface area (Å²) in [5.74, 6) is 1.73. The first kappa shape index (κ1) is 16.1. The van der Waals surface area contributed by atoms with E-state index in [9.17, 15) is 0 Å². The zero-order valence-corrected chi connectivity index (χ0v) is 15.9. The lowest BCUT2D eigenvalue weighted by Gasteiger charge is -2.03. The number of fused-ring (bicyclic) bond motifs is 3. The minimum absolute atomic E-state index is 0.856. The van der Waals surface area contributed by atoms with Gasteiger partial charge in [0.2, 0.25) is 0 Å². The van der Waals surface area contributed by atoms with Gasteiger partial charge in [0.25, 0.3) is 0 Å². The van der Waals surface area contributed by atoms with Gasteiger partial charge in [-0.3, -0.25) is 5.10 Å². The van der Waals surface area contributed by atoms with Crippen molar-refractivity contribution >= 4 is 11.3 Å². The summed E-state index contributed by atoms with van der Waals surface area (Å²) in [6.45, 7) is 0. The van der Waals surface area contributed by atoms with Crippen LogP contribution in [0.5, 0.6) is 11.5 Å². The molecule has 1 aliphatic rings. The Morgan fingerprint density at radius 1 is 0.889 bits per heavy atom. The van der Waals surface area contributed by atoms with Crippen LogP contribution in [0.15, 0.2) is 54.6 Å². The van der Waals surface area contributed by atoms with Gasteiger partial charge >= 0.3 is 0 Å². The third-order valence-corrected chi connectivity index (χ3v) is 6.20. The first-order valence-corrected chi connectivity index (χ1v) is 9.57. The standard InChI is InChI=1S/C22H18N2O2S/c1-25-15-7-3-13(4-8-15)19-11-17-20(27-19)12-18-21(23-24-22(17)18)14-5-9-16(26-2)10-6-14/h3-11H,12H2,1-2H3,(H,23,24). The zero-order chi connectivity index (χ0) is 18.4. The highest BCUT2D eigenvalue weighted by Crippen LogP contribution is 2.46. The highest BCUT2D eigenvalue weighted by Gasteiger charge is 2.27. The average molecular weight is 374 g/mol. The van der Waals surface area contributed by atoms with E-state index in [0.717, 1.165) is 34.9 Å². The molecule has 1 N–H and O–H groups in total. The molecule has 0 amide bonds. The molecule has 2 aromatic carbocycles. The van der Waals surface area contributed by atoms with Crippen LogP contribution in [0.4, 0.5) is 0 Å². The van der Waals surface area contributed by atoms with Crippen LogP contribution in [0.1, 0.15) is 10.4 Å².